The standard InChI is InChI=1S/C19H25N5O3/c1-4-23-7-9-24(10-8-23)18-13-20-16(12-21-18)19(25)22-15-11-14(26-2)5-6-17(15)27-3/h5-6,11-13H,4,7-10H2,1-3H3,(H,22,25). The number of hydrogen-bond acceptors (Lipinski definition) is 7. The van der Waals surface area contributed by atoms with E-state index < -0.39 is 0 Å². The summed E-state index contributed by atoms with van der Waals surface area (Å²) in [6, 6.07) is 5.20. The number of likely N-dealkylation sites (N-methyl/N-ethyl adjacent to an activating group) is 1. The van der Waals surface area contributed by atoms with Gasteiger partial charge in [0.2, 0.25) is 0 Å². The van der Waals surface area contributed by atoms with Crippen molar-refractivity contribution in [3.63, 3.8) is 0 Å². The fourth-order valence-corrected chi connectivity index (χ4v) is 2.99. The van der Waals surface area contributed by atoms with Crippen LogP contribution in [0.25, 0.3) is 0 Å². The van der Waals surface area contributed by atoms with Crippen LogP contribution < -0.4 is 19.7 Å². The van der Waals surface area contributed by atoms with Crippen molar-refractivity contribution < 1.29 is 14.3 Å². The molecule has 0 bridgehead atoms. The Morgan fingerprint density at radius 1 is 1.11 bits per heavy atom. The van der Waals surface area contributed by atoms with Crippen LogP contribution in [0, 0.1) is 0 Å². The number of amides is 1. The Bertz CT molecular complexity index is 773. The number of aromatic nitrogens is 2. The molecule has 0 atom stereocenters. The number of rotatable bonds is 6. The lowest BCUT2D eigenvalue weighted by atomic mass is 10.2. The lowest BCUT2D eigenvalue weighted by Crippen LogP contribution is -2.46. The number of nitrogens with one attached hydrogen (secondary N) is 1. The summed E-state index contributed by atoms with van der Waals surface area (Å²) in [6.45, 7) is 7.07. The molecule has 1 aromatic heterocycles. The second kappa shape index (κ2) is 8.68. The third kappa shape index (κ3) is 4.46. The van der Waals surface area contributed by atoms with Crippen molar-refractivity contribution in [2.75, 3.05) is 57.2 Å². The molecule has 1 aliphatic heterocycles. The molecule has 0 radical (unpaired) electrons. The highest BCUT2D eigenvalue weighted by atomic mass is 16.5. The first-order valence-corrected chi connectivity index (χ1v) is 8.97. The summed E-state index contributed by atoms with van der Waals surface area (Å²) in [5, 5.41) is 2.80. The molecule has 1 amide bonds. The predicted molar refractivity (Wildman–Crippen MR) is 104 cm³/mol. The number of anilines is 2. The highest BCUT2D eigenvalue weighted by Gasteiger charge is 2.18. The molecule has 0 spiro atoms. The summed E-state index contributed by atoms with van der Waals surface area (Å²) in [6.07, 6.45) is 3.16. The zero-order valence-electron chi connectivity index (χ0n) is 15.9. The minimum atomic E-state index is -0.351. The molecule has 144 valence electrons. The van der Waals surface area contributed by atoms with E-state index in [4.69, 9.17) is 9.47 Å². The highest BCUT2D eigenvalue weighted by Crippen LogP contribution is 2.29. The molecule has 1 N–H and O–H groups in total. The van der Waals surface area contributed by atoms with E-state index in [9.17, 15) is 4.79 Å². The van der Waals surface area contributed by atoms with Gasteiger partial charge in [0.05, 0.1) is 32.3 Å². The zero-order chi connectivity index (χ0) is 19.2. The number of nitrogens with zero attached hydrogens (tertiary/aromatic N) is 4. The smallest absolute Gasteiger partial charge is 0.275 e. The van der Waals surface area contributed by atoms with E-state index in [2.05, 4.69) is 32.0 Å². The number of methoxy groups -OCH3 is 2. The van der Waals surface area contributed by atoms with Crippen molar-refractivity contribution in [2.24, 2.45) is 0 Å². The van der Waals surface area contributed by atoms with Crippen LogP contribution in [0.15, 0.2) is 30.6 Å². The Morgan fingerprint density at radius 3 is 2.48 bits per heavy atom. The van der Waals surface area contributed by atoms with Gasteiger partial charge in [-0.15, -0.1) is 0 Å². The van der Waals surface area contributed by atoms with E-state index in [-0.39, 0.29) is 11.6 Å². The minimum Gasteiger partial charge on any atom is -0.497 e. The fourth-order valence-electron chi connectivity index (χ4n) is 2.99. The average Bonchev–Trinajstić information content (AvgIpc) is 2.73. The minimum absolute atomic E-state index is 0.246. The number of hydrogen-bond donors (Lipinski definition) is 1. The van der Waals surface area contributed by atoms with Crippen LogP contribution in [0.2, 0.25) is 0 Å². The van der Waals surface area contributed by atoms with Gasteiger partial charge in [0.1, 0.15) is 23.0 Å². The van der Waals surface area contributed by atoms with Crippen molar-refractivity contribution >= 4 is 17.4 Å². The van der Waals surface area contributed by atoms with Gasteiger partial charge in [0, 0.05) is 32.2 Å². The molecule has 27 heavy (non-hydrogen) atoms. The number of piperazine rings is 1. The molecule has 0 unspecified atom stereocenters. The first-order valence-electron chi connectivity index (χ1n) is 8.97. The topological polar surface area (TPSA) is 79.8 Å². The van der Waals surface area contributed by atoms with Crippen molar-refractivity contribution in [2.45, 2.75) is 6.92 Å². The van der Waals surface area contributed by atoms with E-state index in [1.165, 1.54) is 6.20 Å². The number of benzene rings is 1. The first kappa shape index (κ1) is 18.9. The van der Waals surface area contributed by atoms with Gasteiger partial charge in [0.25, 0.3) is 5.91 Å². The lowest BCUT2D eigenvalue weighted by Gasteiger charge is -2.34. The molecule has 1 fully saturated rings. The first-order chi connectivity index (χ1) is 13.1. The van der Waals surface area contributed by atoms with Gasteiger partial charge in [0.15, 0.2) is 0 Å². The normalized spacial score (nSPS) is 14.7. The van der Waals surface area contributed by atoms with Gasteiger partial charge in [-0.1, -0.05) is 6.92 Å². The Morgan fingerprint density at radius 2 is 1.89 bits per heavy atom. The van der Waals surface area contributed by atoms with Crippen LogP contribution in [0.5, 0.6) is 11.5 Å². The monoisotopic (exact) mass is 371 g/mol. The van der Waals surface area contributed by atoms with Gasteiger partial charge >= 0.3 is 0 Å². The SMILES string of the molecule is CCN1CCN(c2cnc(C(=O)Nc3cc(OC)ccc3OC)cn2)CC1. The molecule has 3 rings (SSSR count). The van der Waals surface area contributed by atoms with Crippen LogP contribution in [0.1, 0.15) is 17.4 Å². The van der Waals surface area contributed by atoms with Gasteiger partial charge in [-0.2, -0.15) is 0 Å². The number of ether oxygens (including phenoxy) is 2. The Kier molecular flexibility index (Phi) is 6.08. The maximum absolute atomic E-state index is 12.5. The molecule has 1 aromatic carbocycles. The Balaban J connectivity index is 1.68. The summed E-state index contributed by atoms with van der Waals surface area (Å²) < 4.78 is 10.5. The van der Waals surface area contributed by atoms with E-state index >= 15 is 0 Å². The molecule has 1 aliphatic rings. The third-order valence-electron chi connectivity index (χ3n) is 4.67. The molecular weight excluding hydrogens is 346 g/mol. The quantitative estimate of drug-likeness (QED) is 0.830. The summed E-state index contributed by atoms with van der Waals surface area (Å²) in [7, 11) is 3.11. The highest BCUT2D eigenvalue weighted by molar-refractivity contribution is 6.03. The van der Waals surface area contributed by atoms with Crippen LogP contribution in [-0.4, -0.2) is 67.7 Å². The van der Waals surface area contributed by atoms with Gasteiger partial charge in [-0.05, 0) is 18.7 Å². The second-order valence-electron chi connectivity index (χ2n) is 6.20. The molecule has 2 heterocycles. The zero-order valence-corrected chi connectivity index (χ0v) is 15.9. The molecule has 8 nitrogen and oxygen atoms in total. The van der Waals surface area contributed by atoms with Crippen molar-refractivity contribution in [1.82, 2.24) is 14.9 Å². The van der Waals surface area contributed by atoms with E-state index in [1.807, 2.05) is 0 Å². The molecule has 2 aromatic rings. The number of carbonyl (C=O) groups is 1. The summed E-state index contributed by atoms with van der Waals surface area (Å²) in [5.74, 6) is 1.61. The maximum atomic E-state index is 12.5. The van der Waals surface area contributed by atoms with Crippen LogP contribution in [0.3, 0.4) is 0 Å². The molecular formula is C19H25N5O3. The van der Waals surface area contributed by atoms with Crippen molar-refractivity contribution in [1.29, 1.82) is 0 Å². The predicted octanol–water partition coefficient (Wildman–Crippen LogP) is 1.89. The van der Waals surface area contributed by atoms with Gasteiger partial charge in [-0.3, -0.25) is 4.79 Å². The van der Waals surface area contributed by atoms with E-state index in [0.717, 1.165) is 38.5 Å². The van der Waals surface area contributed by atoms with E-state index in [1.54, 1.807) is 38.6 Å². The van der Waals surface area contributed by atoms with Crippen LogP contribution >= 0.6 is 0 Å². The molecule has 8 heteroatoms. The Hall–Kier alpha value is -2.87. The average molecular weight is 371 g/mol. The summed E-state index contributed by atoms with van der Waals surface area (Å²) in [5.41, 5.74) is 0.763. The summed E-state index contributed by atoms with van der Waals surface area (Å²) in [4.78, 5) is 25.8. The lowest BCUT2D eigenvalue weighted by molar-refractivity contribution is 0.102. The van der Waals surface area contributed by atoms with Crippen LogP contribution in [-0.2, 0) is 0 Å². The van der Waals surface area contributed by atoms with Crippen molar-refractivity contribution in [3.8, 4) is 11.5 Å². The van der Waals surface area contributed by atoms with Gasteiger partial charge in [-0.25, -0.2) is 9.97 Å². The molecule has 0 saturated carbocycles. The fraction of sp³-hybridized carbons (Fsp3) is 0.421. The molecule has 0 aliphatic carbocycles. The largest absolute Gasteiger partial charge is 0.497 e. The second-order valence-corrected chi connectivity index (χ2v) is 6.20. The maximum Gasteiger partial charge on any atom is 0.275 e. The molecule has 1 saturated heterocycles. The third-order valence-corrected chi connectivity index (χ3v) is 4.67. The van der Waals surface area contributed by atoms with Crippen molar-refractivity contribution in [3.05, 3.63) is 36.3 Å². The van der Waals surface area contributed by atoms with Crippen LogP contribution in [0.4, 0.5) is 11.5 Å². The summed E-state index contributed by atoms with van der Waals surface area (Å²) >= 11 is 0. The van der Waals surface area contributed by atoms with Gasteiger partial charge < -0.3 is 24.6 Å². The number of carbonyl (C=O) groups excluding carboxylic acids is 1. The Labute approximate surface area is 159 Å². The van der Waals surface area contributed by atoms with E-state index in [0.29, 0.717) is 17.2 Å².